The molecule has 1 aliphatic carbocycles. The Morgan fingerprint density at radius 2 is 1.93 bits per heavy atom. The predicted molar refractivity (Wildman–Crippen MR) is 157 cm³/mol. The standard InChI is InChI=1S/C31H31N5O6/c1-33-22-8-15(9-25(40-3)29(22)37)26-17-10-21-24(42-13-34-21)11-18(17)28(19-12-41-30(32)27(19)26)36-31(38)23-7-14-6-16(39-2)4-5-20(14)35-23/h4-11,19,26-28,32-35,37H,12-13H2,1-3H3,(H,36,38)/t19-,26+,27-,28+/m0/s1. The SMILES string of the molecule is CNc1cc([C@@H]2c3cc4c(cc3[C@@H](NC(=O)c3cc5cc(OC)ccc5[nH]3)[C@H]3COC(=N)[C@H]23)OCN4)cc(OC)c1O. The molecular formula is C31H31N5O6. The number of ether oxygens (including phenoxy) is 4. The van der Waals surface area contributed by atoms with E-state index in [1.54, 1.807) is 14.2 Å². The summed E-state index contributed by atoms with van der Waals surface area (Å²) >= 11 is 0. The van der Waals surface area contributed by atoms with Gasteiger partial charge in [0.2, 0.25) is 0 Å². The number of nitrogens with one attached hydrogen (secondary N) is 5. The van der Waals surface area contributed by atoms with Gasteiger partial charge in [0.05, 0.1) is 44.2 Å². The highest BCUT2D eigenvalue weighted by atomic mass is 16.5. The monoisotopic (exact) mass is 569 g/mol. The summed E-state index contributed by atoms with van der Waals surface area (Å²) in [6.07, 6.45) is 0. The number of hydrogen-bond acceptors (Lipinski definition) is 9. The second-order valence-electron chi connectivity index (χ2n) is 10.7. The lowest BCUT2D eigenvalue weighted by molar-refractivity contribution is 0.0900. The fourth-order valence-electron chi connectivity index (χ4n) is 6.61. The van der Waals surface area contributed by atoms with Crippen molar-refractivity contribution in [1.82, 2.24) is 10.3 Å². The zero-order chi connectivity index (χ0) is 29.1. The highest BCUT2D eigenvalue weighted by molar-refractivity contribution is 5.98. The summed E-state index contributed by atoms with van der Waals surface area (Å²) in [7, 11) is 4.85. The van der Waals surface area contributed by atoms with Crippen LogP contribution in [-0.2, 0) is 4.74 Å². The Hall–Kier alpha value is -5.06. The van der Waals surface area contributed by atoms with Gasteiger partial charge in [-0.05, 0) is 65.2 Å². The number of H-pyrrole nitrogens is 1. The van der Waals surface area contributed by atoms with Gasteiger partial charge in [0, 0.05) is 29.8 Å². The van der Waals surface area contributed by atoms with Crippen molar-refractivity contribution in [2.45, 2.75) is 12.0 Å². The molecule has 1 amide bonds. The molecule has 3 heterocycles. The predicted octanol–water partition coefficient (Wildman–Crippen LogP) is 4.55. The molecule has 11 heteroatoms. The maximum atomic E-state index is 13.7. The van der Waals surface area contributed by atoms with Crippen LogP contribution in [0, 0.1) is 17.2 Å². The molecule has 1 fully saturated rings. The molecule has 2 aliphatic heterocycles. The molecule has 3 aliphatic rings. The average molecular weight is 570 g/mol. The summed E-state index contributed by atoms with van der Waals surface area (Å²) < 4.78 is 22.6. The maximum absolute atomic E-state index is 13.7. The number of phenols is 1. The molecule has 1 aromatic heterocycles. The van der Waals surface area contributed by atoms with Crippen LogP contribution in [0.4, 0.5) is 11.4 Å². The summed E-state index contributed by atoms with van der Waals surface area (Å²) in [4.78, 5) is 17.0. The number of phenolic OH excluding ortho intramolecular Hbond substituents is 1. The molecule has 4 aromatic rings. The lowest BCUT2D eigenvalue weighted by Gasteiger charge is -2.40. The number of carbonyl (C=O) groups is 1. The Balaban J connectivity index is 1.35. The third-order valence-electron chi connectivity index (χ3n) is 8.63. The van der Waals surface area contributed by atoms with Crippen molar-refractivity contribution in [3.8, 4) is 23.0 Å². The number of benzene rings is 3. The van der Waals surface area contributed by atoms with Gasteiger partial charge in [-0.2, -0.15) is 0 Å². The fraction of sp³-hybridized carbons (Fsp3) is 0.290. The molecule has 4 atom stereocenters. The van der Waals surface area contributed by atoms with E-state index in [2.05, 4.69) is 20.9 Å². The van der Waals surface area contributed by atoms with Crippen LogP contribution in [-0.4, -0.2) is 56.5 Å². The van der Waals surface area contributed by atoms with E-state index in [9.17, 15) is 9.90 Å². The maximum Gasteiger partial charge on any atom is 0.268 e. The zero-order valence-corrected chi connectivity index (χ0v) is 23.3. The van der Waals surface area contributed by atoms with Gasteiger partial charge in [-0.25, -0.2) is 0 Å². The minimum atomic E-state index is -0.449. The molecule has 1 saturated heterocycles. The fourth-order valence-corrected chi connectivity index (χ4v) is 6.61. The molecule has 216 valence electrons. The quantitative estimate of drug-likeness (QED) is 0.185. The normalized spacial score (nSPS) is 21.8. The van der Waals surface area contributed by atoms with Crippen molar-refractivity contribution in [1.29, 1.82) is 5.41 Å². The molecule has 42 heavy (non-hydrogen) atoms. The van der Waals surface area contributed by atoms with Crippen molar-refractivity contribution in [2.24, 2.45) is 11.8 Å². The first-order valence-corrected chi connectivity index (χ1v) is 13.7. The highest BCUT2D eigenvalue weighted by Gasteiger charge is 2.51. The molecule has 6 N–H and O–H groups in total. The Bertz CT molecular complexity index is 1720. The molecular weight excluding hydrogens is 538 g/mol. The van der Waals surface area contributed by atoms with Crippen LogP contribution in [0.25, 0.3) is 10.9 Å². The minimum Gasteiger partial charge on any atom is -0.503 e. The van der Waals surface area contributed by atoms with E-state index < -0.39 is 6.04 Å². The van der Waals surface area contributed by atoms with Gasteiger partial charge in [-0.15, -0.1) is 0 Å². The number of carbonyl (C=O) groups excluding carboxylic acids is 1. The molecule has 3 aromatic carbocycles. The van der Waals surface area contributed by atoms with Crippen LogP contribution in [0.1, 0.15) is 39.1 Å². The summed E-state index contributed by atoms with van der Waals surface area (Å²) in [6.45, 7) is 0.625. The van der Waals surface area contributed by atoms with Crippen molar-refractivity contribution >= 4 is 34.1 Å². The highest BCUT2D eigenvalue weighted by Crippen LogP contribution is 2.55. The molecule has 0 radical (unpaired) electrons. The molecule has 0 unspecified atom stereocenters. The number of fused-ring (bicyclic) bond motifs is 4. The Morgan fingerprint density at radius 1 is 1.07 bits per heavy atom. The van der Waals surface area contributed by atoms with Crippen molar-refractivity contribution in [3.05, 3.63) is 70.9 Å². The van der Waals surface area contributed by atoms with E-state index in [1.165, 1.54) is 7.11 Å². The summed E-state index contributed by atoms with van der Waals surface area (Å²) in [6, 6.07) is 14.7. The van der Waals surface area contributed by atoms with Crippen LogP contribution in [0.2, 0.25) is 0 Å². The number of methoxy groups -OCH3 is 2. The number of aromatic hydroxyl groups is 1. The van der Waals surface area contributed by atoms with Crippen LogP contribution in [0.5, 0.6) is 23.0 Å². The summed E-state index contributed by atoms with van der Waals surface area (Å²) in [5, 5.41) is 29.9. The summed E-state index contributed by atoms with van der Waals surface area (Å²) in [5.74, 6) is 0.755. The van der Waals surface area contributed by atoms with Gasteiger partial charge >= 0.3 is 0 Å². The van der Waals surface area contributed by atoms with E-state index in [0.717, 1.165) is 33.3 Å². The topological polar surface area (TPSA) is 150 Å². The number of aromatic nitrogens is 1. The zero-order valence-electron chi connectivity index (χ0n) is 23.3. The second-order valence-corrected chi connectivity index (χ2v) is 10.7. The van der Waals surface area contributed by atoms with Gasteiger partial charge in [-0.3, -0.25) is 10.2 Å². The molecule has 0 bridgehead atoms. The first kappa shape index (κ1) is 25.9. The number of anilines is 2. The minimum absolute atomic E-state index is 0.0131. The van der Waals surface area contributed by atoms with Gasteiger partial charge in [0.1, 0.15) is 17.2 Å². The van der Waals surface area contributed by atoms with Gasteiger partial charge < -0.3 is 45.0 Å². The van der Waals surface area contributed by atoms with Crippen LogP contribution in [0.15, 0.2) is 48.5 Å². The van der Waals surface area contributed by atoms with Gasteiger partial charge in [-0.1, -0.05) is 0 Å². The lowest BCUT2D eigenvalue weighted by Crippen LogP contribution is -2.42. The first-order valence-electron chi connectivity index (χ1n) is 13.7. The average Bonchev–Trinajstić information content (AvgIpc) is 3.74. The van der Waals surface area contributed by atoms with E-state index in [0.29, 0.717) is 35.4 Å². The third-order valence-corrected chi connectivity index (χ3v) is 8.63. The largest absolute Gasteiger partial charge is 0.503 e. The first-order chi connectivity index (χ1) is 20.4. The van der Waals surface area contributed by atoms with Crippen molar-refractivity contribution in [2.75, 3.05) is 45.2 Å². The van der Waals surface area contributed by atoms with Gasteiger partial charge in [0.25, 0.3) is 5.91 Å². The number of hydrogen-bond donors (Lipinski definition) is 6. The lowest BCUT2D eigenvalue weighted by atomic mass is 9.65. The smallest absolute Gasteiger partial charge is 0.268 e. The Kier molecular flexibility index (Phi) is 6.03. The van der Waals surface area contributed by atoms with E-state index in [-0.39, 0.29) is 41.9 Å². The Labute approximate surface area is 241 Å². The third kappa shape index (κ3) is 3.95. The molecule has 11 nitrogen and oxygen atoms in total. The molecule has 7 rings (SSSR count). The van der Waals surface area contributed by atoms with Crippen LogP contribution >= 0.6 is 0 Å². The number of amides is 1. The van der Waals surface area contributed by atoms with Gasteiger partial charge in [0.15, 0.2) is 24.1 Å². The van der Waals surface area contributed by atoms with Crippen molar-refractivity contribution < 1.29 is 28.8 Å². The Morgan fingerprint density at radius 3 is 2.71 bits per heavy atom. The van der Waals surface area contributed by atoms with Crippen molar-refractivity contribution in [3.63, 3.8) is 0 Å². The van der Waals surface area contributed by atoms with E-state index in [1.807, 2.05) is 48.5 Å². The number of rotatable bonds is 6. The number of aromatic amines is 1. The van der Waals surface area contributed by atoms with Crippen LogP contribution < -0.4 is 30.2 Å². The van der Waals surface area contributed by atoms with E-state index in [4.69, 9.17) is 24.4 Å². The molecule has 0 saturated carbocycles. The van der Waals surface area contributed by atoms with E-state index >= 15 is 0 Å². The molecule has 0 spiro atoms. The second kappa shape index (κ2) is 9.79. The summed E-state index contributed by atoms with van der Waals surface area (Å²) in [5.41, 5.74) is 5.30. The van der Waals surface area contributed by atoms with Crippen LogP contribution in [0.3, 0.4) is 0 Å².